The lowest BCUT2D eigenvalue weighted by molar-refractivity contribution is -0.0159. The fourth-order valence-electron chi connectivity index (χ4n) is 4.11. The van der Waals surface area contributed by atoms with E-state index in [1.54, 1.807) is 11.9 Å². The molecule has 1 saturated carbocycles. The summed E-state index contributed by atoms with van der Waals surface area (Å²) in [6, 6.07) is 11.3. The van der Waals surface area contributed by atoms with Gasteiger partial charge in [-0.2, -0.15) is 0 Å². The van der Waals surface area contributed by atoms with Crippen molar-refractivity contribution in [2.75, 3.05) is 13.6 Å². The van der Waals surface area contributed by atoms with E-state index in [0.29, 0.717) is 5.02 Å². The van der Waals surface area contributed by atoms with Crippen molar-refractivity contribution in [3.63, 3.8) is 0 Å². The van der Waals surface area contributed by atoms with Crippen LogP contribution in [0.5, 0.6) is 0 Å². The number of hydrazone groups is 1. The summed E-state index contributed by atoms with van der Waals surface area (Å²) >= 11 is 8.07. The number of hydrogen-bond acceptors (Lipinski definition) is 3. The minimum absolute atomic E-state index is 0.221. The predicted octanol–water partition coefficient (Wildman–Crippen LogP) is 8.47. The van der Waals surface area contributed by atoms with E-state index in [4.69, 9.17) is 16.7 Å². The van der Waals surface area contributed by atoms with Crippen molar-refractivity contribution in [2.24, 2.45) is 5.10 Å². The fourth-order valence-corrected chi connectivity index (χ4v) is 5.12. The topological polar surface area (TPSA) is 18.8 Å². The number of benzene rings is 2. The Morgan fingerprint density at radius 3 is 2.18 bits per heavy atom. The molecule has 2 fully saturated rings. The normalized spacial score (nSPS) is 16.0. The van der Waals surface area contributed by atoms with Crippen molar-refractivity contribution in [1.82, 2.24) is 9.31 Å². The molecule has 0 radical (unpaired) electrons. The lowest BCUT2D eigenvalue weighted by Gasteiger charge is -2.60. The van der Waals surface area contributed by atoms with E-state index < -0.39 is 0 Å². The van der Waals surface area contributed by atoms with E-state index in [1.165, 1.54) is 49.8 Å². The van der Waals surface area contributed by atoms with E-state index in [9.17, 15) is 4.39 Å². The number of likely N-dealkylation sites (tertiary alicyclic amines) is 1. The molecule has 4 rings (SSSR count). The highest BCUT2D eigenvalue weighted by Gasteiger charge is 2.51. The molecular weight excluding hydrogens is 453 g/mol. The van der Waals surface area contributed by atoms with Gasteiger partial charge in [0.05, 0.1) is 5.02 Å². The molecule has 1 aliphatic carbocycles. The molecule has 0 bridgehead atoms. The van der Waals surface area contributed by atoms with Crippen LogP contribution in [0.15, 0.2) is 46.4 Å². The van der Waals surface area contributed by atoms with Crippen LogP contribution in [-0.2, 0) is 0 Å². The Kier molecular flexibility index (Phi) is 10.6. The Labute approximate surface area is 209 Å². The number of rotatable bonds is 4. The van der Waals surface area contributed by atoms with Gasteiger partial charge in [-0.1, -0.05) is 63.4 Å². The zero-order chi connectivity index (χ0) is 24.6. The standard InChI is InChI=1S/C22H25ClFN3S.C3H8.C2H6/c1-15-5-7-18(8-6-15)28-26(3)25-21(27-12-11-22(27)9-4-10-22)20-16(2)13-17(24)14-19(20)23;1-3-2;1-2/h5-8,13-14H,4,9-12H2,1-3H3;3H2,1-2H3;1-2H3/b25-21+;;. The van der Waals surface area contributed by atoms with Gasteiger partial charge < -0.3 is 4.90 Å². The van der Waals surface area contributed by atoms with E-state index in [0.717, 1.165) is 28.4 Å². The van der Waals surface area contributed by atoms with Gasteiger partial charge >= 0.3 is 0 Å². The number of amidine groups is 1. The highest BCUT2D eigenvalue weighted by atomic mass is 35.5. The Hall–Kier alpha value is -1.72. The van der Waals surface area contributed by atoms with Gasteiger partial charge in [-0.15, -0.1) is 5.10 Å². The highest BCUT2D eigenvalue weighted by molar-refractivity contribution is 7.97. The average molecular weight is 492 g/mol. The van der Waals surface area contributed by atoms with Crippen molar-refractivity contribution < 1.29 is 4.39 Å². The van der Waals surface area contributed by atoms with Crippen molar-refractivity contribution in [3.05, 3.63) is 63.9 Å². The van der Waals surface area contributed by atoms with Gasteiger partial charge in [-0.3, -0.25) is 0 Å². The van der Waals surface area contributed by atoms with Gasteiger partial charge in [0, 0.05) is 41.5 Å². The summed E-state index contributed by atoms with van der Waals surface area (Å²) in [4.78, 5) is 3.51. The SMILES string of the molecule is CC.CCC.Cc1ccc(SN(C)/N=C(\c2c(C)cc(F)cc2Cl)N2CCC23CCC3)cc1. The summed E-state index contributed by atoms with van der Waals surface area (Å²) in [5.74, 6) is 0.547. The Morgan fingerprint density at radius 2 is 1.73 bits per heavy atom. The lowest BCUT2D eigenvalue weighted by Crippen LogP contribution is -2.66. The van der Waals surface area contributed by atoms with Crippen LogP contribution in [0.2, 0.25) is 5.02 Å². The number of aryl methyl sites for hydroxylation is 2. The monoisotopic (exact) mass is 491 g/mol. The molecular formula is C27H39ClFN3S. The molecule has 0 unspecified atom stereocenters. The third-order valence-electron chi connectivity index (χ3n) is 5.88. The molecule has 6 heteroatoms. The molecule has 2 aliphatic rings. The van der Waals surface area contributed by atoms with Gasteiger partial charge in [-0.05, 0) is 69.4 Å². The number of nitrogens with zero attached hydrogens (tertiary/aromatic N) is 3. The summed E-state index contributed by atoms with van der Waals surface area (Å²) in [7, 11) is 1.95. The molecule has 2 aromatic carbocycles. The molecule has 0 N–H and O–H groups in total. The first-order valence-corrected chi connectivity index (χ1v) is 13.3. The highest BCUT2D eigenvalue weighted by Crippen LogP contribution is 2.48. The maximum atomic E-state index is 13.8. The second-order valence-electron chi connectivity index (χ2n) is 8.56. The first-order chi connectivity index (χ1) is 15.8. The molecule has 1 aliphatic heterocycles. The predicted molar refractivity (Wildman–Crippen MR) is 143 cm³/mol. The lowest BCUT2D eigenvalue weighted by atomic mass is 9.67. The van der Waals surface area contributed by atoms with E-state index in [1.807, 2.05) is 32.2 Å². The second-order valence-corrected chi connectivity index (χ2v) is 10.1. The van der Waals surface area contributed by atoms with Crippen molar-refractivity contribution in [2.45, 2.75) is 84.1 Å². The first-order valence-electron chi connectivity index (χ1n) is 12.1. The van der Waals surface area contributed by atoms with Crippen LogP contribution in [0.3, 0.4) is 0 Å². The van der Waals surface area contributed by atoms with Crippen molar-refractivity contribution in [1.29, 1.82) is 0 Å². The summed E-state index contributed by atoms with van der Waals surface area (Å²) in [6.45, 7) is 13.2. The summed E-state index contributed by atoms with van der Waals surface area (Å²) in [5.41, 5.74) is 3.11. The van der Waals surface area contributed by atoms with Crippen LogP contribution in [0.4, 0.5) is 4.39 Å². The van der Waals surface area contributed by atoms with Crippen molar-refractivity contribution in [3.8, 4) is 0 Å². The molecule has 33 heavy (non-hydrogen) atoms. The Bertz CT molecular complexity index is 897. The fraction of sp³-hybridized carbons (Fsp3) is 0.519. The number of hydrogen-bond donors (Lipinski definition) is 0. The summed E-state index contributed by atoms with van der Waals surface area (Å²) < 4.78 is 15.7. The van der Waals surface area contributed by atoms with Crippen molar-refractivity contribution >= 4 is 29.4 Å². The third-order valence-corrected chi connectivity index (χ3v) is 7.01. The minimum atomic E-state index is -0.310. The number of halogens is 2. The van der Waals surface area contributed by atoms with Gasteiger partial charge in [0.1, 0.15) is 5.82 Å². The summed E-state index contributed by atoms with van der Waals surface area (Å²) in [5, 5.41) is 5.37. The smallest absolute Gasteiger partial charge is 0.159 e. The third kappa shape index (κ3) is 6.66. The first kappa shape index (κ1) is 27.5. The van der Waals surface area contributed by atoms with Crippen LogP contribution in [0.25, 0.3) is 0 Å². The van der Waals surface area contributed by atoms with Gasteiger partial charge in [0.2, 0.25) is 0 Å². The molecule has 3 nitrogen and oxygen atoms in total. The van der Waals surface area contributed by atoms with Crippen LogP contribution < -0.4 is 0 Å². The van der Waals surface area contributed by atoms with E-state index in [-0.39, 0.29) is 11.4 Å². The van der Waals surface area contributed by atoms with Crippen LogP contribution in [-0.4, -0.2) is 34.3 Å². The van der Waals surface area contributed by atoms with Gasteiger partial charge in [-0.25, -0.2) is 8.80 Å². The van der Waals surface area contributed by atoms with E-state index in [2.05, 4.69) is 49.9 Å². The maximum Gasteiger partial charge on any atom is 0.159 e. The molecule has 1 heterocycles. The van der Waals surface area contributed by atoms with E-state index >= 15 is 0 Å². The van der Waals surface area contributed by atoms with Gasteiger partial charge in [0.25, 0.3) is 0 Å². The Morgan fingerprint density at radius 1 is 1.12 bits per heavy atom. The zero-order valence-corrected chi connectivity index (χ0v) is 22.8. The molecule has 1 saturated heterocycles. The van der Waals surface area contributed by atoms with Crippen LogP contribution >= 0.6 is 23.5 Å². The zero-order valence-electron chi connectivity index (χ0n) is 21.2. The molecule has 2 aromatic rings. The molecule has 1 spiro atoms. The molecule has 0 aromatic heterocycles. The quantitative estimate of drug-likeness (QED) is 0.185. The molecule has 0 amide bonds. The van der Waals surface area contributed by atoms with Gasteiger partial charge in [0.15, 0.2) is 5.84 Å². The van der Waals surface area contributed by atoms with Crippen LogP contribution in [0, 0.1) is 19.7 Å². The largest absolute Gasteiger partial charge is 0.349 e. The Balaban J connectivity index is 0.000000714. The molecule has 182 valence electrons. The molecule has 0 atom stereocenters. The van der Waals surface area contributed by atoms with Crippen LogP contribution in [0.1, 0.15) is 76.5 Å². The summed E-state index contributed by atoms with van der Waals surface area (Å²) in [6.07, 6.45) is 6.09. The second kappa shape index (κ2) is 12.7. The minimum Gasteiger partial charge on any atom is -0.349 e. The average Bonchev–Trinajstić information content (AvgIpc) is 2.69. The maximum absolute atomic E-state index is 13.8.